The van der Waals surface area contributed by atoms with Crippen LogP contribution in [0.15, 0.2) is 64.2 Å². The number of pyridine rings is 1. The lowest BCUT2D eigenvalue weighted by molar-refractivity contribution is -0.120. The molecule has 0 radical (unpaired) electrons. The molecular formula is C25H26ClN5O4. The van der Waals surface area contributed by atoms with E-state index >= 15 is 0 Å². The van der Waals surface area contributed by atoms with Crippen molar-refractivity contribution in [2.24, 2.45) is 7.05 Å². The fourth-order valence-corrected chi connectivity index (χ4v) is 3.94. The molecule has 182 valence electrons. The van der Waals surface area contributed by atoms with Crippen molar-refractivity contribution in [2.45, 2.75) is 25.6 Å². The molecule has 10 heteroatoms. The van der Waals surface area contributed by atoms with Crippen LogP contribution in [0.4, 0.5) is 0 Å². The number of nitrogens with zero attached hydrogens (tertiary/aromatic N) is 4. The predicted octanol–water partition coefficient (Wildman–Crippen LogP) is 2.60. The molecule has 0 saturated heterocycles. The van der Waals surface area contributed by atoms with Crippen molar-refractivity contribution in [1.82, 2.24) is 24.8 Å². The number of fused-ring (bicyclic) bond motifs is 1. The molecule has 0 aliphatic carbocycles. The molecule has 3 aromatic heterocycles. The van der Waals surface area contributed by atoms with Crippen molar-refractivity contribution in [3.8, 4) is 0 Å². The lowest BCUT2D eigenvalue weighted by Crippen LogP contribution is -2.27. The predicted molar refractivity (Wildman–Crippen MR) is 132 cm³/mol. The van der Waals surface area contributed by atoms with Crippen molar-refractivity contribution in [3.63, 3.8) is 0 Å². The normalized spacial score (nSPS) is 12.3. The number of benzene rings is 1. The van der Waals surface area contributed by atoms with E-state index in [1.807, 2.05) is 24.1 Å². The molecule has 1 aromatic carbocycles. The van der Waals surface area contributed by atoms with E-state index in [1.165, 1.54) is 0 Å². The van der Waals surface area contributed by atoms with Gasteiger partial charge in [0.1, 0.15) is 11.9 Å². The summed E-state index contributed by atoms with van der Waals surface area (Å²) in [7, 11) is 3.60. The van der Waals surface area contributed by atoms with Gasteiger partial charge in [0.2, 0.25) is 11.6 Å². The molecule has 0 bridgehead atoms. The molecule has 0 aliphatic rings. The number of aryl methyl sites for hydroxylation is 1. The Kier molecular flexibility index (Phi) is 7.60. The summed E-state index contributed by atoms with van der Waals surface area (Å²) in [5.74, 6) is 0.661. The molecule has 1 unspecified atom stereocenters. The van der Waals surface area contributed by atoms with Crippen LogP contribution in [-0.2, 0) is 31.4 Å². The summed E-state index contributed by atoms with van der Waals surface area (Å²) in [6.07, 6.45) is 3.89. The minimum absolute atomic E-state index is 0.0418. The van der Waals surface area contributed by atoms with Crippen LogP contribution in [0.3, 0.4) is 0 Å². The van der Waals surface area contributed by atoms with Crippen LogP contribution < -0.4 is 10.7 Å². The quantitative estimate of drug-likeness (QED) is 0.367. The van der Waals surface area contributed by atoms with Gasteiger partial charge in [0, 0.05) is 49.3 Å². The van der Waals surface area contributed by atoms with Crippen LogP contribution in [0.1, 0.15) is 28.8 Å². The number of likely N-dealkylation sites (N-methyl/N-ethyl adjacent to an activating group) is 1. The van der Waals surface area contributed by atoms with E-state index in [0.29, 0.717) is 46.4 Å². The number of hydrogen-bond donors (Lipinski definition) is 2. The highest BCUT2D eigenvalue weighted by molar-refractivity contribution is 6.30. The molecule has 0 saturated carbocycles. The highest BCUT2D eigenvalue weighted by Crippen LogP contribution is 2.19. The van der Waals surface area contributed by atoms with E-state index < -0.39 is 6.10 Å². The molecule has 9 nitrogen and oxygen atoms in total. The molecule has 4 aromatic rings. The summed E-state index contributed by atoms with van der Waals surface area (Å²) in [5, 5.41) is 14.2. The third-order valence-corrected chi connectivity index (χ3v) is 5.77. The maximum absolute atomic E-state index is 13.1. The standard InChI is InChI=1S/C25H26ClN5O4/c1-30(15-21(32)24-27-8-3-9-28-24)14-19-11-20-23(34)17(13-31(2)25(20)35-19)10-22(33)29-12-16-4-6-18(26)7-5-16/h3-9,11,13,21,32H,10,12,14-15H2,1-2H3,(H,29,33). The Labute approximate surface area is 207 Å². The maximum Gasteiger partial charge on any atom is 0.224 e. The molecule has 1 atom stereocenters. The van der Waals surface area contributed by atoms with Crippen molar-refractivity contribution >= 4 is 28.6 Å². The van der Waals surface area contributed by atoms with Crippen molar-refractivity contribution < 1.29 is 14.3 Å². The molecule has 0 fully saturated rings. The van der Waals surface area contributed by atoms with Crippen LogP contribution >= 0.6 is 11.6 Å². The van der Waals surface area contributed by atoms with Gasteiger partial charge in [-0.2, -0.15) is 0 Å². The van der Waals surface area contributed by atoms with E-state index in [0.717, 1.165) is 5.56 Å². The van der Waals surface area contributed by atoms with E-state index in [2.05, 4.69) is 15.3 Å². The number of carbonyl (C=O) groups excluding carboxylic acids is 1. The first kappa shape index (κ1) is 24.6. The van der Waals surface area contributed by atoms with Gasteiger partial charge in [-0.05, 0) is 36.9 Å². The van der Waals surface area contributed by atoms with Crippen molar-refractivity contribution in [3.05, 3.63) is 92.9 Å². The minimum Gasteiger partial charge on any atom is -0.443 e. The number of furan rings is 1. The third kappa shape index (κ3) is 6.13. The first-order valence-electron chi connectivity index (χ1n) is 11.1. The van der Waals surface area contributed by atoms with E-state index in [-0.39, 0.29) is 24.3 Å². The number of aliphatic hydroxyl groups excluding tert-OH is 1. The number of rotatable bonds is 9. The smallest absolute Gasteiger partial charge is 0.224 e. The fraction of sp³-hybridized carbons (Fsp3) is 0.280. The number of hydrogen-bond acceptors (Lipinski definition) is 7. The molecular weight excluding hydrogens is 470 g/mol. The fourth-order valence-electron chi connectivity index (χ4n) is 3.81. The Morgan fingerprint density at radius 3 is 2.69 bits per heavy atom. The van der Waals surface area contributed by atoms with Crippen molar-refractivity contribution in [1.29, 1.82) is 0 Å². The van der Waals surface area contributed by atoms with Gasteiger partial charge in [0.25, 0.3) is 0 Å². The number of amides is 1. The molecule has 35 heavy (non-hydrogen) atoms. The van der Waals surface area contributed by atoms with Gasteiger partial charge < -0.3 is 19.4 Å². The monoisotopic (exact) mass is 495 g/mol. The summed E-state index contributed by atoms with van der Waals surface area (Å²) >= 11 is 5.89. The van der Waals surface area contributed by atoms with Gasteiger partial charge in [-0.3, -0.25) is 14.5 Å². The third-order valence-electron chi connectivity index (χ3n) is 5.52. The van der Waals surface area contributed by atoms with E-state index in [4.69, 9.17) is 16.0 Å². The second-order valence-corrected chi connectivity index (χ2v) is 8.86. The zero-order valence-electron chi connectivity index (χ0n) is 19.4. The van der Waals surface area contributed by atoms with Crippen LogP contribution in [0.2, 0.25) is 5.02 Å². The molecule has 3 heterocycles. The number of aliphatic hydroxyl groups is 1. The molecule has 2 N–H and O–H groups in total. The SMILES string of the molecule is CN(Cc1cc2c(=O)c(CC(=O)NCc3ccc(Cl)cc3)cn(C)c2o1)CC(O)c1ncccn1. The van der Waals surface area contributed by atoms with Gasteiger partial charge >= 0.3 is 0 Å². The Morgan fingerprint density at radius 2 is 1.97 bits per heavy atom. The highest BCUT2D eigenvalue weighted by Gasteiger charge is 2.18. The summed E-state index contributed by atoms with van der Waals surface area (Å²) in [4.78, 5) is 35.5. The van der Waals surface area contributed by atoms with Gasteiger partial charge in [-0.1, -0.05) is 23.7 Å². The average Bonchev–Trinajstić information content (AvgIpc) is 3.27. The van der Waals surface area contributed by atoms with Gasteiger partial charge in [0.05, 0.1) is 18.4 Å². The molecule has 0 aliphatic heterocycles. The highest BCUT2D eigenvalue weighted by atomic mass is 35.5. The summed E-state index contributed by atoms with van der Waals surface area (Å²) in [6.45, 7) is 1.01. The second-order valence-electron chi connectivity index (χ2n) is 8.43. The van der Waals surface area contributed by atoms with Crippen LogP contribution in [0.5, 0.6) is 0 Å². The average molecular weight is 496 g/mol. The zero-order valence-corrected chi connectivity index (χ0v) is 20.2. The van der Waals surface area contributed by atoms with Gasteiger partial charge in [-0.25, -0.2) is 9.97 Å². The molecule has 0 spiro atoms. The van der Waals surface area contributed by atoms with E-state index in [1.54, 1.807) is 54.5 Å². The second kappa shape index (κ2) is 10.8. The van der Waals surface area contributed by atoms with Crippen LogP contribution in [-0.4, -0.2) is 44.0 Å². The number of nitrogens with one attached hydrogen (secondary N) is 1. The Balaban J connectivity index is 1.43. The number of aromatic nitrogens is 3. The van der Waals surface area contributed by atoms with Crippen LogP contribution in [0.25, 0.3) is 11.1 Å². The lowest BCUT2D eigenvalue weighted by atomic mass is 10.1. The Hall–Kier alpha value is -3.53. The van der Waals surface area contributed by atoms with Crippen LogP contribution in [0, 0.1) is 0 Å². The number of halogens is 1. The van der Waals surface area contributed by atoms with Gasteiger partial charge in [-0.15, -0.1) is 0 Å². The number of carbonyl (C=O) groups is 1. The van der Waals surface area contributed by atoms with Crippen molar-refractivity contribution in [2.75, 3.05) is 13.6 Å². The Morgan fingerprint density at radius 1 is 1.26 bits per heavy atom. The summed E-state index contributed by atoms with van der Waals surface area (Å²) < 4.78 is 7.61. The van der Waals surface area contributed by atoms with Gasteiger partial charge in [0.15, 0.2) is 11.3 Å². The first-order chi connectivity index (χ1) is 16.8. The minimum atomic E-state index is -0.852. The zero-order chi connectivity index (χ0) is 24.9. The Bertz CT molecular complexity index is 1370. The van der Waals surface area contributed by atoms with E-state index in [9.17, 15) is 14.7 Å². The lowest BCUT2D eigenvalue weighted by Gasteiger charge is -2.18. The summed E-state index contributed by atoms with van der Waals surface area (Å²) in [6, 6.07) is 10.6. The molecule has 1 amide bonds. The first-order valence-corrected chi connectivity index (χ1v) is 11.4. The summed E-state index contributed by atoms with van der Waals surface area (Å²) in [5.41, 5.74) is 1.48. The maximum atomic E-state index is 13.1. The largest absolute Gasteiger partial charge is 0.443 e. The molecule has 4 rings (SSSR count). The topological polar surface area (TPSA) is 113 Å².